The number of aryl methyl sites for hydroxylation is 4. The second-order valence-electron chi connectivity index (χ2n) is 12.1. The maximum atomic E-state index is 12.7. The van der Waals surface area contributed by atoms with Crippen LogP contribution < -0.4 is 20.2 Å². The summed E-state index contributed by atoms with van der Waals surface area (Å²) in [6.07, 6.45) is 1.61. The first-order chi connectivity index (χ1) is 24.1. The summed E-state index contributed by atoms with van der Waals surface area (Å²) in [5, 5.41) is 7.00. The SMILES string of the molecule is Cc1ccc(NC(=O)COc2ccc(-n3c(C)cc(/C=N/NC(=O)c4ccc(COc5ccc(-n6c(C)ccc6C)cc5)o4)c3C)cc2)cc1. The number of hydrogen-bond donors (Lipinski definition) is 2. The van der Waals surface area contributed by atoms with Gasteiger partial charge in [0.05, 0.1) is 6.21 Å². The Kier molecular flexibility index (Phi) is 9.99. The summed E-state index contributed by atoms with van der Waals surface area (Å²) in [5.74, 6) is 1.24. The molecule has 0 bridgehead atoms. The van der Waals surface area contributed by atoms with Crippen molar-refractivity contribution in [2.45, 2.75) is 41.2 Å². The lowest BCUT2D eigenvalue weighted by molar-refractivity contribution is -0.118. The number of nitrogens with one attached hydrogen (secondary N) is 2. The zero-order valence-electron chi connectivity index (χ0n) is 28.7. The molecule has 0 aliphatic carbocycles. The van der Waals surface area contributed by atoms with Crippen molar-refractivity contribution in [3.63, 3.8) is 0 Å². The van der Waals surface area contributed by atoms with Crippen LogP contribution in [0.25, 0.3) is 11.4 Å². The van der Waals surface area contributed by atoms with Gasteiger partial charge in [-0.2, -0.15) is 5.10 Å². The molecular formula is C40H39N5O5. The van der Waals surface area contributed by atoms with E-state index < -0.39 is 5.91 Å². The third-order valence-corrected chi connectivity index (χ3v) is 8.27. The molecule has 254 valence electrons. The first-order valence-electron chi connectivity index (χ1n) is 16.2. The van der Waals surface area contributed by atoms with E-state index in [1.807, 2.05) is 99.6 Å². The van der Waals surface area contributed by atoms with Gasteiger partial charge in [-0.1, -0.05) is 17.7 Å². The normalized spacial score (nSPS) is 11.1. The Morgan fingerprint density at radius 2 is 1.34 bits per heavy atom. The van der Waals surface area contributed by atoms with Gasteiger partial charge >= 0.3 is 5.91 Å². The highest BCUT2D eigenvalue weighted by molar-refractivity contribution is 5.93. The van der Waals surface area contributed by atoms with E-state index in [9.17, 15) is 9.59 Å². The van der Waals surface area contributed by atoms with E-state index in [2.05, 4.69) is 51.0 Å². The molecule has 10 heteroatoms. The van der Waals surface area contributed by atoms with Crippen LogP contribution >= 0.6 is 0 Å². The first-order valence-corrected chi connectivity index (χ1v) is 16.2. The zero-order chi connectivity index (χ0) is 35.2. The van der Waals surface area contributed by atoms with Crippen molar-refractivity contribution in [2.75, 3.05) is 11.9 Å². The van der Waals surface area contributed by atoms with Gasteiger partial charge in [0.1, 0.15) is 23.9 Å². The predicted molar refractivity (Wildman–Crippen MR) is 194 cm³/mol. The van der Waals surface area contributed by atoms with Crippen LogP contribution in [0.3, 0.4) is 0 Å². The molecule has 50 heavy (non-hydrogen) atoms. The molecule has 6 rings (SSSR count). The summed E-state index contributed by atoms with van der Waals surface area (Å²) >= 11 is 0. The molecule has 0 radical (unpaired) electrons. The molecule has 3 aromatic heterocycles. The number of hydrogen-bond acceptors (Lipinski definition) is 6. The van der Waals surface area contributed by atoms with Crippen LogP contribution in [0.5, 0.6) is 11.5 Å². The van der Waals surface area contributed by atoms with Crippen LogP contribution in [-0.2, 0) is 11.4 Å². The van der Waals surface area contributed by atoms with Crippen molar-refractivity contribution < 1.29 is 23.5 Å². The van der Waals surface area contributed by atoms with Crippen molar-refractivity contribution >= 4 is 23.7 Å². The molecule has 0 unspecified atom stereocenters. The Bertz CT molecular complexity index is 2120. The summed E-state index contributed by atoms with van der Waals surface area (Å²) < 4.78 is 21.5. The van der Waals surface area contributed by atoms with Crippen LogP contribution in [0, 0.1) is 34.6 Å². The lowest BCUT2D eigenvalue weighted by Crippen LogP contribution is -2.20. The molecular weight excluding hydrogens is 630 g/mol. The summed E-state index contributed by atoms with van der Waals surface area (Å²) in [5.41, 5.74) is 11.5. The number of anilines is 1. The fraction of sp³-hybridized carbons (Fsp3) is 0.175. The fourth-order valence-electron chi connectivity index (χ4n) is 5.70. The molecule has 10 nitrogen and oxygen atoms in total. The number of ether oxygens (including phenoxy) is 2. The van der Waals surface area contributed by atoms with Gasteiger partial charge in [0.25, 0.3) is 5.91 Å². The van der Waals surface area contributed by atoms with E-state index in [0.29, 0.717) is 17.3 Å². The van der Waals surface area contributed by atoms with Gasteiger partial charge in [-0.05, 0) is 126 Å². The number of aromatic nitrogens is 2. The third kappa shape index (κ3) is 7.87. The molecule has 3 heterocycles. The smallest absolute Gasteiger partial charge is 0.307 e. The molecule has 0 fully saturated rings. The van der Waals surface area contributed by atoms with Gasteiger partial charge in [0.15, 0.2) is 12.4 Å². The van der Waals surface area contributed by atoms with E-state index in [1.165, 1.54) is 0 Å². The number of amides is 2. The van der Waals surface area contributed by atoms with E-state index in [0.717, 1.165) is 51.0 Å². The molecule has 2 N–H and O–H groups in total. The standard InChI is InChI=1S/C40H39N5O5/c1-26-6-10-32(11-7-26)42-39(46)25-49-36-18-14-34(15-19-36)45-29(4)22-31(30(45)5)23-41-43-40(47)38-21-20-37(50-38)24-48-35-16-12-33(13-17-35)44-27(2)8-9-28(44)3/h6-23H,24-25H2,1-5H3,(H,42,46)(H,43,47)/b41-23+. The van der Waals surface area contributed by atoms with Crippen LogP contribution in [0.15, 0.2) is 113 Å². The highest BCUT2D eigenvalue weighted by Crippen LogP contribution is 2.23. The van der Waals surface area contributed by atoms with Gasteiger partial charge in [0.2, 0.25) is 0 Å². The largest absolute Gasteiger partial charge is 0.486 e. The van der Waals surface area contributed by atoms with Gasteiger partial charge in [-0.3, -0.25) is 9.59 Å². The van der Waals surface area contributed by atoms with Gasteiger partial charge < -0.3 is 28.3 Å². The Balaban J connectivity index is 0.994. The number of hydrazone groups is 1. The van der Waals surface area contributed by atoms with Gasteiger partial charge in [-0.15, -0.1) is 0 Å². The van der Waals surface area contributed by atoms with E-state index in [-0.39, 0.29) is 24.9 Å². The topological polar surface area (TPSA) is 112 Å². The van der Waals surface area contributed by atoms with Crippen molar-refractivity contribution in [3.8, 4) is 22.9 Å². The number of furan rings is 1. The summed E-state index contributed by atoms with van der Waals surface area (Å²) in [6.45, 7) is 10.2. The first kappa shape index (κ1) is 33.6. The summed E-state index contributed by atoms with van der Waals surface area (Å²) in [6, 6.07) is 32.4. The molecule has 0 aliphatic rings. The minimum absolute atomic E-state index is 0.0994. The molecule has 3 aromatic carbocycles. The lowest BCUT2D eigenvalue weighted by Gasteiger charge is -2.11. The van der Waals surface area contributed by atoms with Crippen LogP contribution in [0.4, 0.5) is 5.69 Å². The highest BCUT2D eigenvalue weighted by Gasteiger charge is 2.13. The monoisotopic (exact) mass is 669 g/mol. The van der Waals surface area contributed by atoms with Gasteiger partial charge in [-0.25, -0.2) is 5.43 Å². The Morgan fingerprint density at radius 3 is 2.00 bits per heavy atom. The number of benzene rings is 3. The molecule has 0 aliphatic heterocycles. The second-order valence-corrected chi connectivity index (χ2v) is 12.1. The Morgan fingerprint density at radius 1 is 0.720 bits per heavy atom. The number of rotatable bonds is 12. The van der Waals surface area contributed by atoms with Crippen LogP contribution in [0.2, 0.25) is 0 Å². The fourth-order valence-corrected chi connectivity index (χ4v) is 5.70. The van der Waals surface area contributed by atoms with Crippen molar-refractivity contribution in [3.05, 3.63) is 149 Å². The van der Waals surface area contributed by atoms with E-state index in [4.69, 9.17) is 13.9 Å². The van der Waals surface area contributed by atoms with Crippen molar-refractivity contribution in [2.24, 2.45) is 5.10 Å². The van der Waals surface area contributed by atoms with Crippen molar-refractivity contribution in [1.29, 1.82) is 0 Å². The van der Waals surface area contributed by atoms with E-state index >= 15 is 0 Å². The molecule has 0 spiro atoms. The molecule has 0 saturated carbocycles. The quantitative estimate of drug-likeness (QED) is 0.102. The average Bonchev–Trinajstić information content (AvgIpc) is 3.81. The second kappa shape index (κ2) is 14.9. The number of carbonyl (C=O) groups excluding carboxylic acids is 2. The minimum atomic E-state index is -0.466. The van der Waals surface area contributed by atoms with Crippen LogP contribution in [0.1, 0.15) is 50.2 Å². The maximum Gasteiger partial charge on any atom is 0.307 e. The molecule has 0 atom stereocenters. The average molecular weight is 670 g/mol. The van der Waals surface area contributed by atoms with Gasteiger partial charge in [0, 0.05) is 45.4 Å². The lowest BCUT2D eigenvalue weighted by atomic mass is 10.2. The third-order valence-electron chi connectivity index (χ3n) is 8.27. The molecule has 0 saturated heterocycles. The zero-order valence-corrected chi connectivity index (χ0v) is 28.7. The van der Waals surface area contributed by atoms with Crippen LogP contribution in [-0.4, -0.2) is 33.8 Å². The predicted octanol–water partition coefficient (Wildman–Crippen LogP) is 7.76. The Labute approximate surface area is 291 Å². The maximum absolute atomic E-state index is 12.7. The summed E-state index contributed by atoms with van der Waals surface area (Å²) in [7, 11) is 0. The number of nitrogens with zero attached hydrogens (tertiary/aromatic N) is 3. The highest BCUT2D eigenvalue weighted by atomic mass is 16.5. The summed E-state index contributed by atoms with van der Waals surface area (Å²) in [4.78, 5) is 25.0. The molecule has 6 aromatic rings. The molecule has 2 amide bonds. The Hall–Kier alpha value is -6.29. The minimum Gasteiger partial charge on any atom is -0.486 e. The van der Waals surface area contributed by atoms with E-state index in [1.54, 1.807) is 18.3 Å². The number of carbonyl (C=O) groups is 2. The van der Waals surface area contributed by atoms with Crippen molar-refractivity contribution in [1.82, 2.24) is 14.6 Å².